The average Bonchev–Trinajstić information content (AvgIpc) is 2.14. The van der Waals surface area contributed by atoms with E-state index in [4.69, 9.17) is 11.6 Å². The lowest BCUT2D eigenvalue weighted by molar-refractivity contribution is 0.0883. The minimum absolute atomic E-state index is 0.122. The maximum atomic E-state index is 9.68. The molecular weight excluding hydrogens is 230 g/mol. The first-order valence-electron chi connectivity index (χ1n) is 4.84. The third-order valence-electron chi connectivity index (χ3n) is 1.79. The van der Waals surface area contributed by atoms with Crippen molar-refractivity contribution in [1.29, 1.82) is 0 Å². The molecule has 1 rings (SSSR count). The molecule has 1 heterocycles. The fourth-order valence-corrected chi connectivity index (χ4v) is 1.43. The second kappa shape index (κ2) is 4.80. The lowest BCUT2D eigenvalue weighted by atomic mass is 10.1. The number of halogens is 1. The van der Waals surface area contributed by atoms with Gasteiger partial charge >= 0.3 is 0 Å². The second-order valence-electron chi connectivity index (χ2n) is 4.15. The molecule has 16 heavy (non-hydrogen) atoms. The van der Waals surface area contributed by atoms with Gasteiger partial charge in [-0.2, -0.15) is 15.0 Å². The van der Waals surface area contributed by atoms with Crippen molar-refractivity contribution in [2.75, 3.05) is 30.9 Å². The highest BCUT2D eigenvalue weighted by Crippen LogP contribution is 2.14. The largest absolute Gasteiger partial charge is 0.389 e. The van der Waals surface area contributed by atoms with E-state index in [1.807, 2.05) is 0 Å². The van der Waals surface area contributed by atoms with E-state index in [2.05, 4.69) is 20.3 Å². The Labute approximate surface area is 99.7 Å². The number of aliphatic hydroxyl groups is 1. The normalized spacial score (nSPS) is 11.4. The topological polar surface area (TPSA) is 74.2 Å². The quantitative estimate of drug-likeness (QED) is 0.817. The molecule has 0 unspecified atom stereocenters. The van der Waals surface area contributed by atoms with Crippen LogP contribution >= 0.6 is 11.6 Å². The number of hydrogen-bond donors (Lipinski definition) is 2. The summed E-state index contributed by atoms with van der Waals surface area (Å²) in [7, 11) is 3.48. The first-order valence-corrected chi connectivity index (χ1v) is 5.22. The zero-order chi connectivity index (χ0) is 12.3. The van der Waals surface area contributed by atoms with Gasteiger partial charge in [0.15, 0.2) is 0 Å². The van der Waals surface area contributed by atoms with Crippen molar-refractivity contribution in [1.82, 2.24) is 15.0 Å². The maximum absolute atomic E-state index is 9.68. The van der Waals surface area contributed by atoms with Gasteiger partial charge in [-0.3, -0.25) is 0 Å². The number of aromatic nitrogens is 3. The Kier molecular flexibility index (Phi) is 3.88. The Hall–Kier alpha value is -1.14. The summed E-state index contributed by atoms with van der Waals surface area (Å²) < 4.78 is 0. The number of likely N-dealkylation sites (N-methyl/N-ethyl adjacent to an activating group) is 1. The number of nitrogens with one attached hydrogen (secondary N) is 1. The van der Waals surface area contributed by atoms with Gasteiger partial charge in [0.05, 0.1) is 5.60 Å². The molecule has 1 aromatic heterocycles. The van der Waals surface area contributed by atoms with Gasteiger partial charge in [-0.15, -0.1) is 0 Å². The van der Waals surface area contributed by atoms with E-state index in [0.29, 0.717) is 18.4 Å². The fraction of sp³-hybridized carbons (Fsp3) is 0.667. The van der Waals surface area contributed by atoms with Crippen LogP contribution in [0.15, 0.2) is 0 Å². The highest BCUT2D eigenvalue weighted by atomic mass is 35.5. The Morgan fingerprint density at radius 3 is 2.50 bits per heavy atom. The lowest BCUT2D eigenvalue weighted by Crippen LogP contribution is -2.37. The van der Waals surface area contributed by atoms with E-state index in [0.717, 1.165) is 0 Å². The number of nitrogens with zero attached hydrogens (tertiary/aromatic N) is 4. The molecule has 0 fully saturated rings. The van der Waals surface area contributed by atoms with Crippen LogP contribution in [0.1, 0.15) is 13.8 Å². The van der Waals surface area contributed by atoms with Crippen molar-refractivity contribution in [2.45, 2.75) is 19.4 Å². The molecule has 0 atom stereocenters. The average molecular weight is 246 g/mol. The molecule has 0 bridgehead atoms. The summed E-state index contributed by atoms with van der Waals surface area (Å²) in [5.41, 5.74) is -0.826. The van der Waals surface area contributed by atoms with Crippen LogP contribution in [0.25, 0.3) is 0 Å². The lowest BCUT2D eigenvalue weighted by Gasteiger charge is -2.25. The molecule has 0 saturated heterocycles. The van der Waals surface area contributed by atoms with E-state index in [1.165, 1.54) is 0 Å². The number of rotatable bonds is 4. The van der Waals surface area contributed by atoms with Crippen molar-refractivity contribution in [3.63, 3.8) is 0 Å². The van der Waals surface area contributed by atoms with Crippen LogP contribution in [0.4, 0.5) is 11.9 Å². The molecular formula is C9H16ClN5O. The Morgan fingerprint density at radius 1 is 1.38 bits per heavy atom. The summed E-state index contributed by atoms with van der Waals surface area (Å²) in [6.45, 7) is 3.83. The minimum Gasteiger partial charge on any atom is -0.389 e. The van der Waals surface area contributed by atoms with Crippen molar-refractivity contribution in [3.8, 4) is 0 Å². The molecule has 0 saturated carbocycles. The second-order valence-corrected chi connectivity index (χ2v) is 4.48. The van der Waals surface area contributed by atoms with Crippen LogP contribution in [0.3, 0.4) is 0 Å². The van der Waals surface area contributed by atoms with E-state index in [-0.39, 0.29) is 5.28 Å². The van der Waals surface area contributed by atoms with Gasteiger partial charge in [0.25, 0.3) is 0 Å². The summed E-state index contributed by atoms with van der Waals surface area (Å²) in [5.74, 6) is 0.823. The zero-order valence-corrected chi connectivity index (χ0v) is 10.6. The molecule has 1 aromatic rings. The van der Waals surface area contributed by atoms with E-state index in [1.54, 1.807) is 32.8 Å². The van der Waals surface area contributed by atoms with Gasteiger partial charge in [-0.25, -0.2) is 0 Å². The van der Waals surface area contributed by atoms with E-state index in [9.17, 15) is 5.11 Å². The molecule has 0 radical (unpaired) electrons. The molecule has 6 nitrogen and oxygen atoms in total. The Balaban J connectivity index is 2.90. The smallest absolute Gasteiger partial charge is 0.231 e. The summed E-state index contributed by atoms with van der Waals surface area (Å²) in [4.78, 5) is 13.7. The molecule has 0 aliphatic heterocycles. The maximum Gasteiger partial charge on any atom is 0.231 e. The predicted octanol–water partition coefficient (Wildman–Crippen LogP) is 0.774. The minimum atomic E-state index is -0.826. The third-order valence-corrected chi connectivity index (χ3v) is 1.95. The first kappa shape index (κ1) is 12.9. The molecule has 0 aliphatic carbocycles. The van der Waals surface area contributed by atoms with Gasteiger partial charge in [-0.05, 0) is 25.4 Å². The van der Waals surface area contributed by atoms with Gasteiger partial charge in [0, 0.05) is 20.6 Å². The van der Waals surface area contributed by atoms with Gasteiger partial charge in [0.2, 0.25) is 17.2 Å². The zero-order valence-electron chi connectivity index (χ0n) is 9.82. The molecule has 0 aliphatic rings. The molecule has 0 amide bonds. The molecule has 0 spiro atoms. The number of hydrogen-bond acceptors (Lipinski definition) is 6. The summed E-state index contributed by atoms with van der Waals surface area (Å²) in [6, 6.07) is 0. The van der Waals surface area contributed by atoms with E-state index >= 15 is 0 Å². The Morgan fingerprint density at radius 2 is 2.00 bits per heavy atom. The van der Waals surface area contributed by atoms with Crippen LogP contribution in [0.5, 0.6) is 0 Å². The van der Waals surface area contributed by atoms with Crippen molar-refractivity contribution < 1.29 is 5.11 Å². The van der Waals surface area contributed by atoms with Crippen molar-refractivity contribution >= 4 is 23.5 Å². The number of anilines is 2. The predicted molar refractivity (Wildman–Crippen MR) is 64.0 cm³/mol. The standard InChI is InChI=1S/C9H16ClN5O/c1-9(2,16)5-15(4)8-13-6(10)12-7(11-3)14-8/h16H,5H2,1-4H3,(H,11,12,13,14). The van der Waals surface area contributed by atoms with Gasteiger partial charge in [0.1, 0.15) is 0 Å². The molecule has 2 N–H and O–H groups in total. The highest BCUT2D eigenvalue weighted by molar-refractivity contribution is 6.28. The molecule has 0 aromatic carbocycles. The van der Waals surface area contributed by atoms with Crippen LogP contribution in [0, 0.1) is 0 Å². The summed E-state index contributed by atoms with van der Waals surface area (Å²) >= 11 is 5.75. The first-order chi connectivity index (χ1) is 7.31. The summed E-state index contributed by atoms with van der Waals surface area (Å²) in [6.07, 6.45) is 0. The van der Waals surface area contributed by atoms with Crippen LogP contribution in [-0.2, 0) is 0 Å². The Bertz CT molecular complexity index is 365. The highest BCUT2D eigenvalue weighted by Gasteiger charge is 2.18. The monoisotopic (exact) mass is 245 g/mol. The van der Waals surface area contributed by atoms with Gasteiger partial charge in [-0.1, -0.05) is 0 Å². The van der Waals surface area contributed by atoms with Crippen LogP contribution in [0.2, 0.25) is 5.28 Å². The van der Waals surface area contributed by atoms with Crippen molar-refractivity contribution in [3.05, 3.63) is 5.28 Å². The SMILES string of the molecule is CNc1nc(Cl)nc(N(C)CC(C)(C)O)n1. The third kappa shape index (κ3) is 3.79. The fourth-order valence-electron chi connectivity index (χ4n) is 1.27. The van der Waals surface area contributed by atoms with Crippen molar-refractivity contribution in [2.24, 2.45) is 0 Å². The van der Waals surface area contributed by atoms with E-state index < -0.39 is 5.60 Å². The molecule has 7 heteroatoms. The van der Waals surface area contributed by atoms with Crippen LogP contribution < -0.4 is 10.2 Å². The van der Waals surface area contributed by atoms with Crippen LogP contribution in [-0.4, -0.2) is 46.3 Å². The van der Waals surface area contributed by atoms with Gasteiger partial charge < -0.3 is 15.3 Å². The molecule has 90 valence electrons. The summed E-state index contributed by atoms with van der Waals surface area (Å²) in [5, 5.41) is 12.6.